The third-order valence-corrected chi connectivity index (χ3v) is 4.36. The fourth-order valence-electron chi connectivity index (χ4n) is 3.17. The van der Waals surface area contributed by atoms with E-state index < -0.39 is 0 Å². The second-order valence-electron chi connectivity index (χ2n) is 5.69. The highest BCUT2D eigenvalue weighted by Gasteiger charge is 2.34. The molecule has 2 heterocycles. The summed E-state index contributed by atoms with van der Waals surface area (Å²) in [7, 11) is 0. The first kappa shape index (κ1) is 11.2. The first-order valence-corrected chi connectivity index (χ1v) is 7.24. The Morgan fingerprint density at radius 1 is 1.16 bits per heavy atom. The molecule has 0 amide bonds. The molecular weight excluding hydrogens is 234 g/mol. The number of nitrogens with zero attached hydrogens (tertiary/aromatic N) is 2. The van der Waals surface area contributed by atoms with Crippen LogP contribution in [-0.4, -0.2) is 30.7 Å². The van der Waals surface area contributed by atoms with Crippen LogP contribution >= 0.6 is 0 Å². The summed E-state index contributed by atoms with van der Waals surface area (Å²) in [6.07, 6.45) is 4.68. The molecular formula is C16H19N3. The van der Waals surface area contributed by atoms with Crippen molar-refractivity contribution in [3.8, 4) is 0 Å². The molecule has 2 aromatic rings. The lowest BCUT2D eigenvalue weighted by Crippen LogP contribution is -2.51. The standard InChI is InChI=1S/C16H19N3/c1-4-14-13(3-2-8-17-14)16(5-1)19-10-9-18-15(11-19)12-6-7-12/h1-5,8,12,15,18H,6-7,9-11H2. The number of rotatable bonds is 2. The maximum Gasteiger partial charge on any atom is 0.0722 e. The van der Waals surface area contributed by atoms with Crippen molar-refractivity contribution in [3.05, 3.63) is 36.5 Å². The van der Waals surface area contributed by atoms with Crippen molar-refractivity contribution in [1.29, 1.82) is 0 Å². The van der Waals surface area contributed by atoms with Crippen molar-refractivity contribution >= 4 is 16.6 Å². The maximum atomic E-state index is 4.46. The SMILES string of the molecule is c1cc(N2CCNC(C3CC3)C2)c2cccnc2c1. The number of aromatic nitrogens is 1. The van der Waals surface area contributed by atoms with Crippen LogP contribution in [-0.2, 0) is 0 Å². The van der Waals surface area contributed by atoms with Crippen molar-refractivity contribution in [1.82, 2.24) is 10.3 Å². The molecule has 1 saturated heterocycles. The molecule has 1 atom stereocenters. The largest absolute Gasteiger partial charge is 0.368 e. The smallest absolute Gasteiger partial charge is 0.0722 e. The van der Waals surface area contributed by atoms with Gasteiger partial charge in [-0.2, -0.15) is 0 Å². The zero-order valence-corrected chi connectivity index (χ0v) is 11.0. The van der Waals surface area contributed by atoms with Gasteiger partial charge in [-0.15, -0.1) is 0 Å². The first-order chi connectivity index (χ1) is 9.42. The van der Waals surface area contributed by atoms with Crippen molar-refractivity contribution in [2.24, 2.45) is 5.92 Å². The zero-order chi connectivity index (χ0) is 12.7. The highest BCUT2D eigenvalue weighted by Crippen LogP contribution is 2.35. The van der Waals surface area contributed by atoms with E-state index in [1.165, 1.54) is 23.9 Å². The Morgan fingerprint density at radius 2 is 2.11 bits per heavy atom. The fraction of sp³-hybridized carbons (Fsp3) is 0.438. The van der Waals surface area contributed by atoms with E-state index >= 15 is 0 Å². The van der Waals surface area contributed by atoms with Gasteiger partial charge in [0.05, 0.1) is 5.52 Å². The molecule has 98 valence electrons. The Hall–Kier alpha value is -1.61. The molecule has 4 rings (SSSR count). The van der Waals surface area contributed by atoms with Gasteiger partial charge in [-0.3, -0.25) is 4.98 Å². The highest BCUT2D eigenvalue weighted by molar-refractivity contribution is 5.91. The second-order valence-corrected chi connectivity index (χ2v) is 5.69. The van der Waals surface area contributed by atoms with Crippen molar-refractivity contribution in [2.45, 2.75) is 18.9 Å². The van der Waals surface area contributed by atoms with Gasteiger partial charge in [-0.05, 0) is 43.0 Å². The minimum absolute atomic E-state index is 0.681. The number of hydrogen-bond donors (Lipinski definition) is 1. The van der Waals surface area contributed by atoms with E-state index in [9.17, 15) is 0 Å². The van der Waals surface area contributed by atoms with Crippen LogP contribution in [0.5, 0.6) is 0 Å². The molecule has 1 aromatic heterocycles. The summed E-state index contributed by atoms with van der Waals surface area (Å²) in [5.41, 5.74) is 2.44. The Labute approximate surface area is 113 Å². The number of hydrogen-bond acceptors (Lipinski definition) is 3. The number of benzene rings is 1. The minimum atomic E-state index is 0.681. The Kier molecular flexibility index (Phi) is 2.66. The predicted molar refractivity (Wildman–Crippen MR) is 78.5 cm³/mol. The summed E-state index contributed by atoms with van der Waals surface area (Å²) in [6.45, 7) is 3.33. The topological polar surface area (TPSA) is 28.2 Å². The van der Waals surface area contributed by atoms with E-state index in [-0.39, 0.29) is 0 Å². The molecule has 1 aliphatic carbocycles. The highest BCUT2D eigenvalue weighted by atomic mass is 15.2. The normalized spacial score (nSPS) is 23.8. The molecule has 0 bridgehead atoms. The summed E-state index contributed by atoms with van der Waals surface area (Å²) in [5, 5.41) is 4.95. The average Bonchev–Trinajstić information content (AvgIpc) is 3.31. The van der Waals surface area contributed by atoms with Gasteiger partial charge in [0.15, 0.2) is 0 Å². The number of nitrogens with one attached hydrogen (secondary N) is 1. The van der Waals surface area contributed by atoms with Gasteiger partial charge in [-0.1, -0.05) is 6.07 Å². The van der Waals surface area contributed by atoms with Crippen molar-refractivity contribution < 1.29 is 0 Å². The quantitative estimate of drug-likeness (QED) is 0.891. The molecule has 3 nitrogen and oxygen atoms in total. The van der Waals surface area contributed by atoms with Crippen molar-refractivity contribution in [3.63, 3.8) is 0 Å². The van der Waals surface area contributed by atoms with Gasteiger partial charge in [0.1, 0.15) is 0 Å². The maximum absolute atomic E-state index is 4.46. The Balaban J connectivity index is 1.69. The molecule has 1 saturated carbocycles. The number of pyridine rings is 1. The monoisotopic (exact) mass is 253 g/mol. The van der Waals surface area contributed by atoms with E-state index in [2.05, 4.69) is 39.5 Å². The third kappa shape index (κ3) is 2.08. The van der Waals surface area contributed by atoms with Crippen molar-refractivity contribution in [2.75, 3.05) is 24.5 Å². The van der Waals surface area contributed by atoms with E-state index in [4.69, 9.17) is 0 Å². The Morgan fingerprint density at radius 3 is 3.00 bits per heavy atom. The third-order valence-electron chi connectivity index (χ3n) is 4.36. The molecule has 0 radical (unpaired) electrons. The lowest BCUT2D eigenvalue weighted by molar-refractivity contribution is 0.419. The van der Waals surface area contributed by atoms with Gasteiger partial charge >= 0.3 is 0 Å². The van der Waals surface area contributed by atoms with E-state index in [1.807, 2.05) is 12.3 Å². The molecule has 19 heavy (non-hydrogen) atoms. The summed E-state index contributed by atoms with van der Waals surface area (Å²) in [5.74, 6) is 0.913. The number of fused-ring (bicyclic) bond motifs is 1. The summed E-state index contributed by atoms with van der Waals surface area (Å²) >= 11 is 0. The molecule has 1 aromatic carbocycles. The fourth-order valence-corrected chi connectivity index (χ4v) is 3.17. The molecule has 0 spiro atoms. The molecule has 2 aliphatic rings. The van der Waals surface area contributed by atoms with Crippen LogP contribution in [0.15, 0.2) is 36.5 Å². The van der Waals surface area contributed by atoms with Crippen LogP contribution in [0.25, 0.3) is 10.9 Å². The minimum Gasteiger partial charge on any atom is -0.368 e. The second kappa shape index (κ2) is 4.49. The lowest BCUT2D eigenvalue weighted by atomic mass is 10.1. The summed E-state index contributed by atoms with van der Waals surface area (Å²) in [6, 6.07) is 11.4. The average molecular weight is 253 g/mol. The molecule has 2 fully saturated rings. The van der Waals surface area contributed by atoms with Crippen LogP contribution in [0.4, 0.5) is 5.69 Å². The van der Waals surface area contributed by atoms with Gasteiger partial charge < -0.3 is 10.2 Å². The Bertz CT molecular complexity index is 586. The molecule has 1 unspecified atom stereocenters. The van der Waals surface area contributed by atoms with Crippen LogP contribution < -0.4 is 10.2 Å². The zero-order valence-electron chi connectivity index (χ0n) is 11.0. The molecule has 3 heteroatoms. The predicted octanol–water partition coefficient (Wildman–Crippen LogP) is 2.42. The summed E-state index contributed by atoms with van der Waals surface area (Å²) < 4.78 is 0. The van der Waals surface area contributed by atoms with Crippen LogP contribution in [0.2, 0.25) is 0 Å². The van der Waals surface area contributed by atoms with Gasteiger partial charge in [0.25, 0.3) is 0 Å². The first-order valence-electron chi connectivity index (χ1n) is 7.24. The van der Waals surface area contributed by atoms with Gasteiger partial charge in [0.2, 0.25) is 0 Å². The van der Waals surface area contributed by atoms with E-state index in [0.29, 0.717) is 6.04 Å². The number of piperazine rings is 1. The molecule has 1 N–H and O–H groups in total. The van der Waals surface area contributed by atoms with Crippen LogP contribution in [0.1, 0.15) is 12.8 Å². The number of anilines is 1. The summed E-state index contributed by atoms with van der Waals surface area (Å²) in [4.78, 5) is 6.99. The van der Waals surface area contributed by atoms with Crippen LogP contribution in [0, 0.1) is 5.92 Å². The van der Waals surface area contributed by atoms with Gasteiger partial charge in [-0.25, -0.2) is 0 Å². The molecule has 1 aliphatic heterocycles. The van der Waals surface area contributed by atoms with E-state index in [0.717, 1.165) is 31.1 Å². The van der Waals surface area contributed by atoms with E-state index in [1.54, 1.807) is 0 Å². The lowest BCUT2D eigenvalue weighted by Gasteiger charge is -2.36. The van der Waals surface area contributed by atoms with Crippen LogP contribution in [0.3, 0.4) is 0 Å². The van der Waals surface area contributed by atoms with Gasteiger partial charge in [0, 0.05) is 42.9 Å².